The van der Waals surface area contributed by atoms with Gasteiger partial charge >= 0.3 is 5.97 Å². The fraction of sp³-hybridized carbons (Fsp3) is 0.364. The highest BCUT2D eigenvalue weighted by Crippen LogP contribution is 2.24. The number of carboxylic acid groups (broad SMARTS) is 1. The molecule has 1 amide bonds. The van der Waals surface area contributed by atoms with Gasteiger partial charge in [-0.2, -0.15) is 0 Å². The first-order valence-electron chi connectivity index (χ1n) is 9.77. The molecule has 2 aromatic carbocycles. The number of ether oxygens (including phenoxy) is 1. The molecule has 0 aromatic heterocycles. The number of aliphatic carboxylic acids is 1. The molecule has 1 fully saturated rings. The maximum Gasteiger partial charge on any atom is 0.317 e. The molecule has 7 nitrogen and oxygen atoms in total. The van der Waals surface area contributed by atoms with Crippen molar-refractivity contribution in [2.45, 2.75) is 18.9 Å². The van der Waals surface area contributed by atoms with E-state index in [1.807, 2.05) is 60.5 Å². The number of likely N-dealkylation sites (N-methyl/N-ethyl adjacent to an activating group) is 1. The molecule has 0 saturated carbocycles. The maximum atomic E-state index is 12.4. The van der Waals surface area contributed by atoms with Gasteiger partial charge < -0.3 is 15.2 Å². The molecule has 30 heavy (non-hydrogen) atoms. The summed E-state index contributed by atoms with van der Waals surface area (Å²) in [6.45, 7) is 1.92. The predicted molar refractivity (Wildman–Crippen MR) is 119 cm³/mol. The normalized spacial score (nSPS) is 14.7. The van der Waals surface area contributed by atoms with Crippen LogP contribution < -0.4 is 10.1 Å². The van der Waals surface area contributed by atoms with E-state index >= 15 is 0 Å². The Labute approximate surface area is 183 Å². The van der Waals surface area contributed by atoms with Crippen molar-refractivity contribution in [3.8, 4) is 11.5 Å². The predicted octanol–water partition coefficient (Wildman–Crippen LogP) is 3.32. The number of carboxylic acids is 1. The van der Waals surface area contributed by atoms with Crippen LogP contribution in [0.4, 0.5) is 5.69 Å². The molecule has 0 radical (unpaired) electrons. The van der Waals surface area contributed by atoms with Gasteiger partial charge in [-0.15, -0.1) is 12.4 Å². The Hall–Kier alpha value is -2.61. The molecule has 1 heterocycles. The molecule has 0 aliphatic carbocycles. The van der Waals surface area contributed by atoms with Gasteiger partial charge in [0.25, 0.3) is 0 Å². The van der Waals surface area contributed by atoms with E-state index in [2.05, 4.69) is 10.2 Å². The lowest BCUT2D eigenvalue weighted by molar-refractivity contribution is -0.138. The second-order valence-corrected chi connectivity index (χ2v) is 7.31. The lowest BCUT2D eigenvalue weighted by Crippen LogP contribution is -2.46. The topological polar surface area (TPSA) is 82.1 Å². The molecule has 8 heteroatoms. The zero-order valence-electron chi connectivity index (χ0n) is 17.0. The van der Waals surface area contributed by atoms with Crippen molar-refractivity contribution in [1.82, 2.24) is 9.80 Å². The van der Waals surface area contributed by atoms with Crippen LogP contribution in [0.1, 0.15) is 12.8 Å². The molecule has 1 aliphatic rings. The second kappa shape index (κ2) is 11.5. The first kappa shape index (κ1) is 23.7. The highest BCUT2D eigenvalue weighted by atomic mass is 35.5. The van der Waals surface area contributed by atoms with Gasteiger partial charge in [-0.1, -0.05) is 24.3 Å². The van der Waals surface area contributed by atoms with Crippen LogP contribution in [0.2, 0.25) is 0 Å². The summed E-state index contributed by atoms with van der Waals surface area (Å²) < 4.78 is 5.80. The van der Waals surface area contributed by atoms with Crippen molar-refractivity contribution < 1.29 is 19.4 Å². The van der Waals surface area contributed by atoms with Gasteiger partial charge in [-0.3, -0.25) is 19.4 Å². The first-order chi connectivity index (χ1) is 14.0. The Morgan fingerprint density at radius 2 is 1.77 bits per heavy atom. The summed E-state index contributed by atoms with van der Waals surface area (Å²) in [5.74, 6) is 0.523. The Morgan fingerprint density at radius 3 is 2.43 bits per heavy atom. The second-order valence-electron chi connectivity index (χ2n) is 7.31. The lowest BCUT2D eigenvalue weighted by Gasteiger charge is -2.35. The van der Waals surface area contributed by atoms with Crippen LogP contribution >= 0.6 is 12.4 Å². The largest absolute Gasteiger partial charge is 0.480 e. The molecular formula is C22H28ClN3O4. The zero-order chi connectivity index (χ0) is 20.6. The number of hydrogen-bond acceptors (Lipinski definition) is 5. The van der Waals surface area contributed by atoms with Crippen molar-refractivity contribution in [2.24, 2.45) is 0 Å². The third-order valence-corrected chi connectivity index (χ3v) is 5.03. The minimum absolute atomic E-state index is 0. The molecule has 1 saturated heterocycles. The van der Waals surface area contributed by atoms with Crippen molar-refractivity contribution in [2.75, 3.05) is 38.5 Å². The van der Waals surface area contributed by atoms with Gasteiger partial charge in [0.05, 0.1) is 13.1 Å². The maximum absolute atomic E-state index is 12.4. The number of nitrogens with zero attached hydrogens (tertiary/aromatic N) is 2. The van der Waals surface area contributed by atoms with E-state index in [0.717, 1.165) is 31.7 Å². The number of amides is 1. The fourth-order valence-electron chi connectivity index (χ4n) is 3.53. The average Bonchev–Trinajstić information content (AvgIpc) is 2.69. The van der Waals surface area contributed by atoms with Crippen molar-refractivity contribution in [1.29, 1.82) is 0 Å². The average molecular weight is 434 g/mol. The van der Waals surface area contributed by atoms with E-state index in [9.17, 15) is 9.59 Å². The number of likely N-dealkylation sites (tertiary alicyclic amines) is 1. The third-order valence-electron chi connectivity index (χ3n) is 5.03. The van der Waals surface area contributed by atoms with Gasteiger partial charge in [0.1, 0.15) is 11.5 Å². The lowest BCUT2D eigenvalue weighted by atomic mass is 10.0. The quantitative estimate of drug-likeness (QED) is 0.664. The molecule has 2 N–H and O–H groups in total. The number of anilines is 1. The van der Waals surface area contributed by atoms with Crippen molar-refractivity contribution in [3.63, 3.8) is 0 Å². The Kier molecular flexibility index (Phi) is 9.11. The summed E-state index contributed by atoms with van der Waals surface area (Å²) in [7, 11) is 1.84. The smallest absolute Gasteiger partial charge is 0.317 e. The summed E-state index contributed by atoms with van der Waals surface area (Å²) in [4.78, 5) is 27.3. The number of carbonyl (C=O) groups excluding carboxylic acids is 1. The molecule has 2 aromatic rings. The molecule has 0 spiro atoms. The van der Waals surface area contributed by atoms with Crippen molar-refractivity contribution >= 4 is 30.0 Å². The van der Waals surface area contributed by atoms with E-state index < -0.39 is 5.97 Å². The summed E-state index contributed by atoms with van der Waals surface area (Å²) >= 11 is 0. The van der Waals surface area contributed by atoms with Crippen LogP contribution in [-0.2, 0) is 9.59 Å². The van der Waals surface area contributed by atoms with E-state index in [0.29, 0.717) is 18.0 Å². The number of halogens is 1. The number of benzene rings is 2. The Balaban J connectivity index is 0.00000320. The monoisotopic (exact) mass is 433 g/mol. The highest BCUT2D eigenvalue weighted by molar-refractivity contribution is 5.92. The standard InChI is InChI=1S/C22H27N3O4.ClH/c1-24(16-22(27)28)18-10-12-25(13-11-18)15-21(26)23-17-6-5-9-20(14-17)29-19-7-3-2-4-8-19;/h2-9,14,18H,10-13,15-16H2,1H3,(H,23,26)(H,27,28);1H. The number of hydrogen-bond donors (Lipinski definition) is 2. The van der Waals surface area contributed by atoms with Crippen LogP contribution in [0.3, 0.4) is 0 Å². The number of para-hydroxylation sites is 1. The summed E-state index contributed by atoms with van der Waals surface area (Å²) in [6.07, 6.45) is 1.72. The minimum Gasteiger partial charge on any atom is -0.480 e. The third kappa shape index (κ3) is 7.33. The van der Waals surface area contributed by atoms with Crippen LogP contribution in [0.15, 0.2) is 54.6 Å². The fourth-order valence-corrected chi connectivity index (χ4v) is 3.53. The molecule has 1 aliphatic heterocycles. The number of nitrogens with one attached hydrogen (secondary N) is 1. The Bertz CT molecular complexity index is 826. The summed E-state index contributed by atoms with van der Waals surface area (Å²) in [5, 5.41) is 11.8. The molecule has 0 unspecified atom stereocenters. The SMILES string of the molecule is CN(CC(=O)O)C1CCN(CC(=O)Nc2cccc(Oc3ccccc3)c2)CC1.Cl. The van der Waals surface area contributed by atoms with Crippen molar-refractivity contribution in [3.05, 3.63) is 54.6 Å². The van der Waals surface area contributed by atoms with Gasteiger partial charge in [0.15, 0.2) is 0 Å². The Morgan fingerprint density at radius 1 is 1.10 bits per heavy atom. The summed E-state index contributed by atoms with van der Waals surface area (Å²) in [5.41, 5.74) is 0.694. The summed E-state index contributed by atoms with van der Waals surface area (Å²) in [6, 6.07) is 17.1. The van der Waals surface area contributed by atoms with Crippen LogP contribution in [0.5, 0.6) is 11.5 Å². The molecule has 0 atom stereocenters. The van der Waals surface area contributed by atoms with E-state index in [1.165, 1.54) is 0 Å². The molecule has 162 valence electrons. The minimum atomic E-state index is -0.812. The van der Waals surface area contributed by atoms with Crippen LogP contribution in [0.25, 0.3) is 0 Å². The highest BCUT2D eigenvalue weighted by Gasteiger charge is 2.24. The first-order valence-corrected chi connectivity index (χ1v) is 9.77. The number of carbonyl (C=O) groups is 2. The van der Waals surface area contributed by atoms with E-state index in [1.54, 1.807) is 6.07 Å². The number of rotatable bonds is 8. The number of piperidine rings is 1. The zero-order valence-corrected chi connectivity index (χ0v) is 17.8. The van der Waals surface area contributed by atoms with Gasteiger partial charge in [-0.25, -0.2) is 0 Å². The molecule has 3 rings (SSSR count). The molecular weight excluding hydrogens is 406 g/mol. The van der Waals surface area contributed by atoms with Crippen LogP contribution in [-0.4, -0.2) is 66.1 Å². The molecule has 0 bridgehead atoms. The van der Waals surface area contributed by atoms with E-state index in [4.69, 9.17) is 9.84 Å². The van der Waals surface area contributed by atoms with E-state index in [-0.39, 0.29) is 30.9 Å². The van der Waals surface area contributed by atoms with Gasteiger partial charge in [0, 0.05) is 30.9 Å². The van der Waals surface area contributed by atoms with Crippen LogP contribution in [0, 0.1) is 0 Å². The van der Waals surface area contributed by atoms with Gasteiger partial charge in [0.2, 0.25) is 5.91 Å². The van der Waals surface area contributed by atoms with Gasteiger partial charge in [-0.05, 0) is 44.2 Å².